The summed E-state index contributed by atoms with van der Waals surface area (Å²) >= 11 is 3.38. The molecular weight excluding hydrogens is 230 g/mol. The fourth-order valence-corrected chi connectivity index (χ4v) is 1.66. The molecule has 0 bridgehead atoms. The lowest BCUT2D eigenvalue weighted by atomic mass is 9.97. The summed E-state index contributed by atoms with van der Waals surface area (Å²) in [6.07, 6.45) is 1.41. The highest BCUT2D eigenvalue weighted by Gasteiger charge is 2.08. The minimum atomic E-state index is 0.148. The summed E-state index contributed by atoms with van der Waals surface area (Å²) in [5.74, 6) is 0.148. The summed E-state index contributed by atoms with van der Waals surface area (Å²) in [6, 6.07) is 7.90. The van der Waals surface area contributed by atoms with Gasteiger partial charge in [-0.2, -0.15) is 0 Å². The molecule has 1 atom stereocenters. The van der Waals surface area contributed by atoms with Gasteiger partial charge in [-0.15, -0.1) is 0 Å². The molecule has 2 N–H and O–H groups in total. The van der Waals surface area contributed by atoms with Crippen molar-refractivity contribution in [1.82, 2.24) is 0 Å². The Labute approximate surface area is 86.3 Å². The third kappa shape index (κ3) is 2.94. The summed E-state index contributed by atoms with van der Waals surface area (Å²) in [5.41, 5.74) is 6.68. The van der Waals surface area contributed by atoms with Crippen LogP contribution in [0, 0.1) is 0 Å². The maximum absolute atomic E-state index is 10.4. The molecule has 1 aromatic rings. The molecule has 70 valence electrons. The predicted molar refractivity (Wildman–Crippen MR) is 56.6 cm³/mol. The van der Waals surface area contributed by atoms with Crippen molar-refractivity contribution < 1.29 is 4.79 Å². The van der Waals surface area contributed by atoms with E-state index in [0.717, 1.165) is 16.3 Å². The van der Waals surface area contributed by atoms with Crippen LogP contribution in [0.4, 0.5) is 0 Å². The van der Waals surface area contributed by atoms with Crippen LogP contribution in [0.5, 0.6) is 0 Å². The van der Waals surface area contributed by atoms with Crippen LogP contribution in [0.25, 0.3) is 0 Å². The number of hydrogen-bond donors (Lipinski definition) is 1. The number of aldehydes is 1. The fourth-order valence-electron chi connectivity index (χ4n) is 1.25. The maximum atomic E-state index is 10.4. The predicted octanol–water partition coefficient (Wildman–Crippen LogP) is 2.08. The molecule has 3 heteroatoms. The lowest BCUT2D eigenvalue weighted by Crippen LogP contribution is -2.12. The molecule has 2 nitrogen and oxygen atoms in total. The van der Waals surface area contributed by atoms with E-state index in [9.17, 15) is 4.79 Å². The van der Waals surface area contributed by atoms with Gasteiger partial charge in [-0.1, -0.05) is 28.1 Å². The van der Waals surface area contributed by atoms with Gasteiger partial charge in [-0.3, -0.25) is 0 Å². The minimum absolute atomic E-state index is 0.148. The number of carbonyl (C=O) groups excluding carboxylic acids is 1. The van der Waals surface area contributed by atoms with E-state index in [1.165, 1.54) is 0 Å². The van der Waals surface area contributed by atoms with Crippen LogP contribution in [0.2, 0.25) is 0 Å². The van der Waals surface area contributed by atoms with Crippen LogP contribution in [-0.4, -0.2) is 12.8 Å². The molecular formula is C10H12BrNO. The van der Waals surface area contributed by atoms with E-state index in [1.54, 1.807) is 0 Å². The quantitative estimate of drug-likeness (QED) is 0.821. The van der Waals surface area contributed by atoms with Crippen molar-refractivity contribution in [3.05, 3.63) is 34.3 Å². The molecule has 0 aliphatic carbocycles. The molecule has 0 spiro atoms. The van der Waals surface area contributed by atoms with Crippen molar-refractivity contribution in [2.24, 2.45) is 5.73 Å². The molecule has 0 aromatic heterocycles. The topological polar surface area (TPSA) is 43.1 Å². The first-order valence-electron chi connectivity index (χ1n) is 4.17. The van der Waals surface area contributed by atoms with Gasteiger partial charge in [-0.25, -0.2) is 0 Å². The van der Waals surface area contributed by atoms with Crippen molar-refractivity contribution >= 4 is 22.2 Å². The van der Waals surface area contributed by atoms with Gasteiger partial charge in [0.15, 0.2) is 0 Å². The summed E-state index contributed by atoms with van der Waals surface area (Å²) < 4.78 is 1.02. The van der Waals surface area contributed by atoms with Gasteiger partial charge in [0.1, 0.15) is 6.29 Å². The molecule has 0 fully saturated rings. The Morgan fingerprint density at radius 3 is 2.85 bits per heavy atom. The summed E-state index contributed by atoms with van der Waals surface area (Å²) in [5, 5.41) is 0. The average Bonchev–Trinajstić information content (AvgIpc) is 2.14. The Morgan fingerprint density at radius 1 is 1.54 bits per heavy atom. The second-order valence-corrected chi connectivity index (χ2v) is 3.81. The number of nitrogens with two attached hydrogens (primary N) is 1. The van der Waals surface area contributed by atoms with Crippen molar-refractivity contribution in [2.75, 3.05) is 6.54 Å². The monoisotopic (exact) mass is 241 g/mol. The van der Waals surface area contributed by atoms with E-state index < -0.39 is 0 Å². The van der Waals surface area contributed by atoms with Gasteiger partial charge < -0.3 is 10.5 Å². The number of hydrogen-bond acceptors (Lipinski definition) is 2. The number of carbonyl (C=O) groups is 1. The molecule has 0 unspecified atom stereocenters. The molecule has 0 aliphatic heterocycles. The van der Waals surface area contributed by atoms with Crippen LogP contribution in [0.15, 0.2) is 28.7 Å². The zero-order valence-corrected chi connectivity index (χ0v) is 8.83. The number of rotatable bonds is 4. The molecule has 0 aliphatic rings. The summed E-state index contributed by atoms with van der Waals surface area (Å²) in [6.45, 7) is 0.509. The smallest absolute Gasteiger partial charge is 0.120 e. The largest absolute Gasteiger partial charge is 0.330 e. The van der Waals surface area contributed by atoms with Crippen LogP contribution in [0.1, 0.15) is 17.9 Å². The number of benzene rings is 1. The zero-order valence-electron chi connectivity index (χ0n) is 7.24. The van der Waals surface area contributed by atoms with Crippen molar-refractivity contribution in [1.29, 1.82) is 0 Å². The standard InChI is InChI=1S/C10H12BrNO/c11-10-3-1-2-8(6-10)9(7-12)4-5-13/h1-3,5-6,9H,4,7,12H2/t9-/m0/s1. The Kier molecular flexibility index (Phi) is 4.12. The number of halogens is 1. The van der Waals surface area contributed by atoms with Crippen molar-refractivity contribution in [3.63, 3.8) is 0 Å². The lowest BCUT2D eigenvalue weighted by molar-refractivity contribution is -0.108. The van der Waals surface area contributed by atoms with Gasteiger partial charge in [0.05, 0.1) is 0 Å². The highest BCUT2D eigenvalue weighted by atomic mass is 79.9. The van der Waals surface area contributed by atoms with E-state index >= 15 is 0 Å². The van der Waals surface area contributed by atoms with E-state index in [0.29, 0.717) is 13.0 Å². The van der Waals surface area contributed by atoms with Crippen LogP contribution in [-0.2, 0) is 4.79 Å². The first kappa shape index (κ1) is 10.4. The SMILES string of the molecule is NC[C@H](CC=O)c1cccc(Br)c1. The lowest BCUT2D eigenvalue weighted by Gasteiger charge is -2.11. The van der Waals surface area contributed by atoms with E-state index in [-0.39, 0.29) is 5.92 Å². The summed E-state index contributed by atoms with van der Waals surface area (Å²) in [4.78, 5) is 10.4. The molecule has 1 rings (SSSR count). The molecule has 0 amide bonds. The normalized spacial score (nSPS) is 12.5. The molecule has 1 aromatic carbocycles. The Bertz CT molecular complexity index is 288. The van der Waals surface area contributed by atoms with Crippen molar-refractivity contribution in [2.45, 2.75) is 12.3 Å². The zero-order chi connectivity index (χ0) is 9.68. The van der Waals surface area contributed by atoms with E-state index in [1.807, 2.05) is 24.3 Å². The first-order chi connectivity index (χ1) is 6.27. The molecule has 0 saturated heterocycles. The highest BCUT2D eigenvalue weighted by molar-refractivity contribution is 9.10. The highest BCUT2D eigenvalue weighted by Crippen LogP contribution is 2.20. The third-order valence-electron chi connectivity index (χ3n) is 1.99. The Hall–Kier alpha value is -0.670. The first-order valence-corrected chi connectivity index (χ1v) is 4.96. The van der Waals surface area contributed by atoms with Gasteiger partial charge in [0.25, 0.3) is 0 Å². The van der Waals surface area contributed by atoms with Crippen molar-refractivity contribution in [3.8, 4) is 0 Å². The average molecular weight is 242 g/mol. The third-order valence-corrected chi connectivity index (χ3v) is 2.48. The van der Waals surface area contributed by atoms with Gasteiger partial charge in [0, 0.05) is 16.8 Å². The van der Waals surface area contributed by atoms with Crippen LogP contribution in [0.3, 0.4) is 0 Å². The van der Waals surface area contributed by atoms with E-state index in [2.05, 4.69) is 15.9 Å². The van der Waals surface area contributed by atoms with Gasteiger partial charge in [-0.05, 0) is 24.2 Å². The minimum Gasteiger partial charge on any atom is -0.330 e. The Morgan fingerprint density at radius 2 is 2.31 bits per heavy atom. The maximum Gasteiger partial charge on any atom is 0.120 e. The second kappa shape index (κ2) is 5.14. The molecule has 0 radical (unpaired) electrons. The molecule has 0 heterocycles. The van der Waals surface area contributed by atoms with Gasteiger partial charge in [0.2, 0.25) is 0 Å². The summed E-state index contributed by atoms with van der Waals surface area (Å²) in [7, 11) is 0. The van der Waals surface area contributed by atoms with Crippen LogP contribution >= 0.6 is 15.9 Å². The molecule has 0 saturated carbocycles. The fraction of sp³-hybridized carbons (Fsp3) is 0.300. The van der Waals surface area contributed by atoms with E-state index in [4.69, 9.17) is 5.73 Å². The van der Waals surface area contributed by atoms with Crippen LogP contribution < -0.4 is 5.73 Å². The second-order valence-electron chi connectivity index (χ2n) is 2.89. The Balaban J connectivity index is 2.84. The van der Waals surface area contributed by atoms with Gasteiger partial charge >= 0.3 is 0 Å². The molecule has 13 heavy (non-hydrogen) atoms.